The van der Waals surface area contributed by atoms with E-state index in [0.717, 1.165) is 59.7 Å². The minimum absolute atomic E-state index is 0.120. The van der Waals surface area contributed by atoms with E-state index in [9.17, 15) is 4.79 Å². The summed E-state index contributed by atoms with van der Waals surface area (Å²) in [6.07, 6.45) is 3.61. The molecule has 1 aromatic heterocycles. The van der Waals surface area contributed by atoms with Crippen molar-refractivity contribution in [3.63, 3.8) is 0 Å². The maximum atomic E-state index is 12.2. The van der Waals surface area contributed by atoms with Gasteiger partial charge in [0, 0.05) is 29.2 Å². The van der Waals surface area contributed by atoms with Gasteiger partial charge in [0.25, 0.3) is 0 Å². The van der Waals surface area contributed by atoms with Crippen LogP contribution in [-0.2, 0) is 6.42 Å². The van der Waals surface area contributed by atoms with Gasteiger partial charge < -0.3 is 11.1 Å². The highest BCUT2D eigenvalue weighted by atomic mass is 16.1. The fourth-order valence-electron chi connectivity index (χ4n) is 5.78. The number of nitrogens with zero attached hydrogens (tertiary/aromatic N) is 2. The van der Waals surface area contributed by atoms with Crippen molar-refractivity contribution in [1.82, 2.24) is 15.3 Å². The van der Waals surface area contributed by atoms with Gasteiger partial charge in [-0.25, -0.2) is 4.98 Å². The summed E-state index contributed by atoms with van der Waals surface area (Å²) >= 11 is 0. The van der Waals surface area contributed by atoms with Crippen molar-refractivity contribution in [3.8, 4) is 33.6 Å². The molecule has 0 radical (unpaired) electrons. The molecular formula is C35H32N4O. The Morgan fingerprint density at radius 3 is 2.12 bits per heavy atom. The van der Waals surface area contributed by atoms with Crippen LogP contribution in [-0.4, -0.2) is 29.0 Å². The zero-order chi connectivity index (χ0) is 27.3. The molecule has 6 rings (SSSR count). The van der Waals surface area contributed by atoms with Crippen LogP contribution in [0.25, 0.3) is 33.6 Å². The SMILES string of the molecule is NC(=O)c1ccccc1CC1CCNCC1c1nc(-c2ccccc2)cnc1-c1ccc(-c2ccccc2)cc1. The summed E-state index contributed by atoms with van der Waals surface area (Å²) in [6, 6.07) is 36.9. The molecule has 1 fully saturated rings. The van der Waals surface area contributed by atoms with Crippen molar-refractivity contribution >= 4 is 5.91 Å². The van der Waals surface area contributed by atoms with Crippen LogP contribution in [0.4, 0.5) is 0 Å². The molecule has 2 heterocycles. The quantitative estimate of drug-likeness (QED) is 0.254. The van der Waals surface area contributed by atoms with Crippen molar-refractivity contribution in [2.24, 2.45) is 11.7 Å². The first-order valence-electron chi connectivity index (χ1n) is 13.8. The van der Waals surface area contributed by atoms with Gasteiger partial charge >= 0.3 is 0 Å². The van der Waals surface area contributed by atoms with Crippen molar-refractivity contribution in [2.75, 3.05) is 13.1 Å². The minimum atomic E-state index is -0.383. The maximum absolute atomic E-state index is 12.2. The summed E-state index contributed by atoms with van der Waals surface area (Å²) in [5, 5.41) is 3.60. The Kier molecular flexibility index (Phi) is 7.47. The number of primary amides is 1. The smallest absolute Gasteiger partial charge is 0.248 e. The lowest BCUT2D eigenvalue weighted by atomic mass is 9.78. The molecule has 0 aliphatic carbocycles. The van der Waals surface area contributed by atoms with Gasteiger partial charge in [0.1, 0.15) is 0 Å². The van der Waals surface area contributed by atoms with E-state index in [-0.39, 0.29) is 17.7 Å². The molecule has 1 amide bonds. The molecule has 0 bridgehead atoms. The van der Waals surface area contributed by atoms with Crippen LogP contribution in [0, 0.1) is 5.92 Å². The van der Waals surface area contributed by atoms with E-state index < -0.39 is 0 Å². The molecule has 5 nitrogen and oxygen atoms in total. The fraction of sp³-hybridized carbons (Fsp3) is 0.171. The van der Waals surface area contributed by atoms with Crippen molar-refractivity contribution in [3.05, 3.63) is 132 Å². The Morgan fingerprint density at radius 1 is 0.775 bits per heavy atom. The Morgan fingerprint density at radius 2 is 1.40 bits per heavy atom. The van der Waals surface area contributed by atoms with Gasteiger partial charge in [0.2, 0.25) is 5.91 Å². The number of benzene rings is 4. The third-order valence-electron chi connectivity index (χ3n) is 7.88. The number of aromatic nitrogens is 2. The molecule has 2 unspecified atom stereocenters. The summed E-state index contributed by atoms with van der Waals surface area (Å²) in [5.41, 5.74) is 14.5. The number of amides is 1. The third kappa shape index (κ3) is 5.42. The molecular weight excluding hydrogens is 492 g/mol. The number of nitrogens with two attached hydrogens (primary N) is 1. The molecule has 1 aliphatic heterocycles. The maximum Gasteiger partial charge on any atom is 0.248 e. The van der Waals surface area contributed by atoms with Crippen LogP contribution in [0.5, 0.6) is 0 Å². The number of piperidine rings is 1. The molecule has 0 spiro atoms. The Bertz CT molecular complexity index is 1600. The molecule has 4 aromatic carbocycles. The van der Waals surface area contributed by atoms with E-state index in [0.29, 0.717) is 5.56 Å². The topological polar surface area (TPSA) is 80.9 Å². The van der Waals surface area contributed by atoms with Crippen molar-refractivity contribution < 1.29 is 4.79 Å². The van der Waals surface area contributed by atoms with Crippen LogP contribution < -0.4 is 11.1 Å². The Hall–Kier alpha value is -4.61. The number of nitrogens with one attached hydrogen (secondary N) is 1. The highest BCUT2D eigenvalue weighted by Crippen LogP contribution is 2.37. The first-order valence-corrected chi connectivity index (χ1v) is 13.8. The third-order valence-corrected chi connectivity index (χ3v) is 7.88. The zero-order valence-electron chi connectivity index (χ0n) is 22.3. The van der Waals surface area contributed by atoms with E-state index in [1.807, 2.05) is 54.7 Å². The molecule has 198 valence electrons. The number of hydrogen-bond donors (Lipinski definition) is 2. The second kappa shape index (κ2) is 11.6. The molecule has 5 aromatic rings. The zero-order valence-corrected chi connectivity index (χ0v) is 22.3. The Labute approximate surface area is 235 Å². The number of carbonyl (C=O) groups is 1. The first-order chi connectivity index (χ1) is 19.7. The first kappa shape index (κ1) is 25.7. The lowest BCUT2D eigenvalue weighted by Gasteiger charge is -2.33. The summed E-state index contributed by atoms with van der Waals surface area (Å²) < 4.78 is 0. The summed E-state index contributed by atoms with van der Waals surface area (Å²) in [5.74, 6) is 0.0187. The van der Waals surface area contributed by atoms with Gasteiger partial charge in [-0.1, -0.05) is 103 Å². The predicted octanol–water partition coefficient (Wildman–Crippen LogP) is 6.51. The monoisotopic (exact) mass is 524 g/mol. The normalized spacial score (nSPS) is 16.9. The molecule has 40 heavy (non-hydrogen) atoms. The molecule has 2 atom stereocenters. The minimum Gasteiger partial charge on any atom is -0.366 e. The molecule has 3 N–H and O–H groups in total. The van der Waals surface area contributed by atoms with Gasteiger partial charge in [0.05, 0.1) is 23.3 Å². The lowest BCUT2D eigenvalue weighted by molar-refractivity contribution is 0.0999. The van der Waals surface area contributed by atoms with Gasteiger partial charge in [-0.2, -0.15) is 0 Å². The van der Waals surface area contributed by atoms with Crippen LogP contribution in [0.2, 0.25) is 0 Å². The number of carbonyl (C=O) groups excluding carboxylic acids is 1. The predicted molar refractivity (Wildman–Crippen MR) is 161 cm³/mol. The number of rotatable bonds is 7. The van der Waals surface area contributed by atoms with Crippen LogP contribution in [0.15, 0.2) is 115 Å². The van der Waals surface area contributed by atoms with Gasteiger partial charge in [-0.3, -0.25) is 9.78 Å². The van der Waals surface area contributed by atoms with Crippen LogP contribution in [0.1, 0.15) is 34.0 Å². The van der Waals surface area contributed by atoms with Gasteiger partial charge in [0.15, 0.2) is 0 Å². The van der Waals surface area contributed by atoms with Crippen molar-refractivity contribution in [1.29, 1.82) is 0 Å². The molecule has 1 saturated heterocycles. The summed E-state index contributed by atoms with van der Waals surface area (Å²) in [6.45, 7) is 1.72. The standard InChI is InChI=1S/C35H32N4O/c36-35(40)30-14-8-7-13-28(30)21-29-19-20-37-22-31(29)34-33(38-23-32(39-34)26-11-5-2-6-12-26)27-17-15-25(16-18-27)24-9-3-1-4-10-24/h1-18,23,29,31,37H,19-22H2,(H2,36,40). The second-order valence-electron chi connectivity index (χ2n) is 10.4. The Balaban J connectivity index is 1.42. The fourth-order valence-corrected chi connectivity index (χ4v) is 5.78. The van der Waals surface area contributed by atoms with E-state index in [4.69, 9.17) is 15.7 Å². The van der Waals surface area contributed by atoms with E-state index in [1.165, 1.54) is 11.1 Å². The average Bonchev–Trinajstić information content (AvgIpc) is 3.02. The van der Waals surface area contributed by atoms with E-state index in [1.54, 1.807) is 0 Å². The average molecular weight is 525 g/mol. The van der Waals surface area contributed by atoms with E-state index >= 15 is 0 Å². The summed E-state index contributed by atoms with van der Waals surface area (Å²) in [7, 11) is 0. The lowest BCUT2D eigenvalue weighted by Crippen LogP contribution is -2.37. The van der Waals surface area contributed by atoms with Crippen molar-refractivity contribution in [2.45, 2.75) is 18.8 Å². The van der Waals surface area contributed by atoms with Crippen LogP contribution >= 0.6 is 0 Å². The highest BCUT2D eigenvalue weighted by Gasteiger charge is 2.31. The molecule has 0 saturated carbocycles. The summed E-state index contributed by atoms with van der Waals surface area (Å²) in [4.78, 5) is 22.5. The number of hydrogen-bond acceptors (Lipinski definition) is 4. The highest BCUT2D eigenvalue weighted by molar-refractivity contribution is 5.94. The largest absolute Gasteiger partial charge is 0.366 e. The van der Waals surface area contributed by atoms with Crippen LogP contribution in [0.3, 0.4) is 0 Å². The van der Waals surface area contributed by atoms with Gasteiger partial charge in [-0.15, -0.1) is 0 Å². The second-order valence-corrected chi connectivity index (χ2v) is 10.4. The van der Waals surface area contributed by atoms with E-state index in [2.05, 4.69) is 66.0 Å². The van der Waals surface area contributed by atoms with Gasteiger partial charge in [-0.05, 0) is 48.1 Å². The molecule has 5 heteroatoms. The molecule has 1 aliphatic rings.